The number of thioether (sulfide) groups is 1. The Labute approximate surface area is 130 Å². The Morgan fingerprint density at radius 1 is 1.39 bits per heavy atom. The van der Waals surface area contributed by atoms with Crippen molar-refractivity contribution in [3.63, 3.8) is 0 Å². The molecule has 0 bridgehead atoms. The Hall–Kier alpha value is -0.430. The Morgan fingerprint density at radius 3 is 2.83 bits per heavy atom. The Kier molecular flexibility index (Phi) is 7.50. The van der Waals surface area contributed by atoms with Crippen LogP contribution in [0, 0.1) is 0 Å². The Bertz CT molecular complexity index is 370. The Morgan fingerprint density at radius 2 is 2.17 bits per heavy atom. The summed E-state index contributed by atoms with van der Waals surface area (Å²) >= 11 is 1.89. The standard InChI is InChI=1S/C13H19N3S.HI/c1-11(17-12-6-3-2-4-7-12)10-16-13-14-8-5-9-15-13;/h2-4,6-7,11H,5,8-10H2,1H3,(H2,14,15,16);1H. The zero-order valence-electron chi connectivity index (χ0n) is 10.6. The van der Waals surface area contributed by atoms with Gasteiger partial charge in [-0.3, -0.25) is 4.99 Å². The van der Waals surface area contributed by atoms with Crippen LogP contribution in [0.4, 0.5) is 0 Å². The van der Waals surface area contributed by atoms with Crippen molar-refractivity contribution in [2.24, 2.45) is 4.99 Å². The maximum absolute atomic E-state index is 4.39. The third-order valence-corrected chi connectivity index (χ3v) is 3.65. The molecule has 0 radical (unpaired) electrons. The second-order valence-electron chi connectivity index (χ2n) is 4.13. The average molecular weight is 377 g/mol. The number of hydrogen-bond acceptors (Lipinski definition) is 4. The number of rotatable bonds is 4. The summed E-state index contributed by atoms with van der Waals surface area (Å²) in [5, 5.41) is 7.16. The van der Waals surface area contributed by atoms with Crippen LogP contribution in [0.2, 0.25) is 0 Å². The minimum Gasteiger partial charge on any atom is -0.356 e. The summed E-state index contributed by atoms with van der Waals surface area (Å²) in [6, 6.07) is 10.5. The maximum atomic E-state index is 4.39. The summed E-state index contributed by atoms with van der Waals surface area (Å²) in [5.41, 5.74) is 0. The molecule has 18 heavy (non-hydrogen) atoms. The summed E-state index contributed by atoms with van der Waals surface area (Å²) < 4.78 is 0. The van der Waals surface area contributed by atoms with E-state index in [1.807, 2.05) is 17.8 Å². The van der Waals surface area contributed by atoms with Crippen LogP contribution in [0.5, 0.6) is 0 Å². The first-order valence-electron chi connectivity index (χ1n) is 6.08. The number of guanidine groups is 1. The maximum Gasteiger partial charge on any atom is 0.191 e. The van der Waals surface area contributed by atoms with Gasteiger partial charge in [-0.25, -0.2) is 0 Å². The molecule has 1 aromatic carbocycles. The fourth-order valence-corrected chi connectivity index (χ4v) is 2.61. The summed E-state index contributed by atoms with van der Waals surface area (Å²) in [6.07, 6.45) is 1.14. The molecule has 1 unspecified atom stereocenters. The molecule has 1 heterocycles. The zero-order valence-corrected chi connectivity index (χ0v) is 13.7. The van der Waals surface area contributed by atoms with Crippen molar-refractivity contribution in [1.29, 1.82) is 0 Å². The molecule has 1 aliphatic heterocycles. The van der Waals surface area contributed by atoms with Gasteiger partial charge in [0.05, 0.1) is 0 Å². The molecule has 0 saturated heterocycles. The van der Waals surface area contributed by atoms with Crippen LogP contribution >= 0.6 is 35.7 Å². The summed E-state index contributed by atoms with van der Waals surface area (Å²) in [5.74, 6) is 0.955. The quantitative estimate of drug-likeness (QED) is 0.626. The van der Waals surface area contributed by atoms with Crippen LogP contribution in [0.3, 0.4) is 0 Å². The predicted molar refractivity (Wildman–Crippen MR) is 90.1 cm³/mol. The van der Waals surface area contributed by atoms with Crippen molar-refractivity contribution < 1.29 is 0 Å². The van der Waals surface area contributed by atoms with Crippen molar-refractivity contribution in [2.45, 2.75) is 23.5 Å². The highest BCUT2D eigenvalue weighted by atomic mass is 127. The van der Waals surface area contributed by atoms with Gasteiger partial charge in [-0.2, -0.15) is 0 Å². The van der Waals surface area contributed by atoms with Gasteiger partial charge in [-0.15, -0.1) is 35.7 Å². The second-order valence-corrected chi connectivity index (χ2v) is 5.64. The molecule has 1 atom stereocenters. The van der Waals surface area contributed by atoms with E-state index in [1.165, 1.54) is 4.90 Å². The van der Waals surface area contributed by atoms with Crippen LogP contribution in [0.1, 0.15) is 13.3 Å². The molecule has 5 heteroatoms. The van der Waals surface area contributed by atoms with Crippen LogP contribution in [-0.4, -0.2) is 30.8 Å². The van der Waals surface area contributed by atoms with Crippen molar-refractivity contribution in [2.75, 3.05) is 19.6 Å². The van der Waals surface area contributed by atoms with E-state index in [0.717, 1.165) is 32.0 Å². The first-order chi connectivity index (χ1) is 8.34. The zero-order chi connectivity index (χ0) is 11.9. The number of nitrogens with zero attached hydrogens (tertiary/aromatic N) is 1. The topological polar surface area (TPSA) is 36.4 Å². The predicted octanol–water partition coefficient (Wildman–Crippen LogP) is 2.72. The number of benzene rings is 1. The van der Waals surface area contributed by atoms with Crippen molar-refractivity contribution >= 4 is 41.7 Å². The van der Waals surface area contributed by atoms with Crippen LogP contribution in [0.25, 0.3) is 0 Å². The van der Waals surface area contributed by atoms with Gasteiger partial charge in [-0.1, -0.05) is 25.1 Å². The first-order valence-corrected chi connectivity index (χ1v) is 6.96. The van der Waals surface area contributed by atoms with E-state index in [-0.39, 0.29) is 24.0 Å². The number of aliphatic imine (C=N–C) groups is 1. The average Bonchev–Trinajstić information content (AvgIpc) is 2.39. The summed E-state index contributed by atoms with van der Waals surface area (Å²) in [4.78, 5) is 5.71. The molecule has 3 nitrogen and oxygen atoms in total. The molecule has 0 fully saturated rings. The lowest BCUT2D eigenvalue weighted by Gasteiger charge is -2.18. The molecule has 0 aliphatic carbocycles. The largest absolute Gasteiger partial charge is 0.356 e. The highest BCUT2D eigenvalue weighted by Gasteiger charge is 2.07. The van der Waals surface area contributed by atoms with Gasteiger partial charge in [0, 0.05) is 29.8 Å². The molecule has 0 saturated carbocycles. The van der Waals surface area contributed by atoms with Gasteiger partial charge in [0.25, 0.3) is 0 Å². The molecule has 0 amide bonds. The second kappa shape index (κ2) is 8.63. The number of halogens is 1. The number of hydrogen-bond donors (Lipinski definition) is 2. The number of nitrogens with one attached hydrogen (secondary N) is 2. The lowest BCUT2D eigenvalue weighted by atomic mass is 10.4. The van der Waals surface area contributed by atoms with Crippen molar-refractivity contribution in [3.05, 3.63) is 30.3 Å². The van der Waals surface area contributed by atoms with E-state index in [1.54, 1.807) is 0 Å². The molecule has 100 valence electrons. The van der Waals surface area contributed by atoms with Crippen molar-refractivity contribution in [3.8, 4) is 0 Å². The minimum atomic E-state index is 0. The molecule has 2 rings (SSSR count). The third-order valence-electron chi connectivity index (χ3n) is 2.53. The molecule has 1 aliphatic rings. The van der Waals surface area contributed by atoms with E-state index in [0.29, 0.717) is 5.25 Å². The van der Waals surface area contributed by atoms with Gasteiger partial charge in [0.15, 0.2) is 5.96 Å². The van der Waals surface area contributed by atoms with Gasteiger partial charge in [-0.05, 0) is 18.6 Å². The molecular formula is C13H20IN3S. The van der Waals surface area contributed by atoms with Gasteiger partial charge >= 0.3 is 0 Å². The van der Waals surface area contributed by atoms with Gasteiger partial charge in [0.2, 0.25) is 0 Å². The van der Waals surface area contributed by atoms with Gasteiger partial charge in [0.1, 0.15) is 0 Å². The molecule has 0 spiro atoms. The van der Waals surface area contributed by atoms with Crippen LogP contribution < -0.4 is 10.6 Å². The third kappa shape index (κ3) is 5.48. The monoisotopic (exact) mass is 377 g/mol. The van der Waals surface area contributed by atoms with E-state index in [4.69, 9.17) is 0 Å². The molecule has 1 aromatic rings. The van der Waals surface area contributed by atoms with Crippen LogP contribution in [0.15, 0.2) is 40.2 Å². The summed E-state index contributed by atoms with van der Waals surface area (Å²) in [7, 11) is 0. The minimum absolute atomic E-state index is 0. The highest BCUT2D eigenvalue weighted by molar-refractivity contribution is 14.0. The SMILES string of the molecule is CC(CNC1=NCCCN1)Sc1ccccc1.I. The Balaban J connectivity index is 0.00000162. The molecule has 2 N–H and O–H groups in total. The van der Waals surface area contributed by atoms with E-state index < -0.39 is 0 Å². The highest BCUT2D eigenvalue weighted by Crippen LogP contribution is 2.21. The fourth-order valence-electron chi connectivity index (χ4n) is 1.66. The van der Waals surface area contributed by atoms with Crippen molar-refractivity contribution in [1.82, 2.24) is 10.6 Å². The normalized spacial score (nSPS) is 15.9. The molecular weight excluding hydrogens is 357 g/mol. The molecule has 0 aromatic heterocycles. The fraction of sp³-hybridized carbons (Fsp3) is 0.462. The lowest BCUT2D eigenvalue weighted by molar-refractivity contribution is 0.699. The van der Waals surface area contributed by atoms with E-state index in [9.17, 15) is 0 Å². The van der Waals surface area contributed by atoms with E-state index in [2.05, 4.69) is 46.8 Å². The van der Waals surface area contributed by atoms with Crippen LogP contribution in [-0.2, 0) is 0 Å². The smallest absolute Gasteiger partial charge is 0.191 e. The van der Waals surface area contributed by atoms with Gasteiger partial charge < -0.3 is 10.6 Å². The summed E-state index contributed by atoms with van der Waals surface area (Å²) in [6.45, 7) is 5.14. The lowest BCUT2D eigenvalue weighted by Crippen LogP contribution is -2.42. The first kappa shape index (κ1) is 15.6. The van der Waals surface area contributed by atoms with E-state index >= 15 is 0 Å².